The summed E-state index contributed by atoms with van der Waals surface area (Å²) in [5, 5.41) is 0.577. The van der Waals surface area contributed by atoms with Crippen LogP contribution in [-0.4, -0.2) is 20.4 Å². The van der Waals surface area contributed by atoms with Gasteiger partial charge in [0, 0.05) is 18.5 Å². The molecule has 0 fully saturated rings. The fourth-order valence-electron chi connectivity index (χ4n) is 2.20. The number of pyridine rings is 1. The molecule has 0 atom stereocenters. The number of imidazole rings is 1. The molecule has 4 nitrogen and oxygen atoms in total. The number of aryl methyl sites for hydroxylation is 2. The monoisotopic (exact) mass is 309 g/mol. The van der Waals surface area contributed by atoms with Crippen LogP contribution in [-0.2, 0) is 13.0 Å². The molecule has 0 bridgehead atoms. The Kier molecular flexibility index (Phi) is 3.68. The molecule has 0 saturated heterocycles. The van der Waals surface area contributed by atoms with E-state index in [1.807, 2.05) is 29.7 Å². The van der Waals surface area contributed by atoms with Gasteiger partial charge in [0.25, 0.3) is 0 Å². The van der Waals surface area contributed by atoms with Crippen LogP contribution in [0, 0.1) is 6.92 Å². The lowest BCUT2D eigenvalue weighted by Crippen LogP contribution is -2.06. The third kappa shape index (κ3) is 2.53. The molecule has 0 N–H and O–H groups in total. The van der Waals surface area contributed by atoms with Gasteiger partial charge in [0.15, 0.2) is 5.65 Å². The number of furan rings is 1. The number of alkyl halides is 1. The van der Waals surface area contributed by atoms with Gasteiger partial charge in [-0.1, -0.05) is 11.6 Å². The molecule has 0 aliphatic heterocycles. The molecule has 3 aromatic rings. The third-order valence-corrected chi connectivity index (χ3v) is 3.45. The minimum absolute atomic E-state index is 0.508. The molecule has 0 radical (unpaired) electrons. The molecule has 0 saturated carbocycles. The maximum absolute atomic E-state index is 5.96. The summed E-state index contributed by atoms with van der Waals surface area (Å²) in [6, 6.07) is 5.72. The van der Waals surface area contributed by atoms with Crippen molar-refractivity contribution in [2.75, 3.05) is 5.88 Å². The van der Waals surface area contributed by atoms with E-state index in [-0.39, 0.29) is 0 Å². The molecule has 0 aliphatic carbocycles. The second kappa shape index (κ2) is 5.46. The summed E-state index contributed by atoms with van der Waals surface area (Å²) in [6.07, 6.45) is 2.30. The molecular formula is C14H13Cl2N3O. The van der Waals surface area contributed by atoms with Crippen LogP contribution in [0.4, 0.5) is 0 Å². The Hall–Kier alpha value is -1.52. The highest BCUT2D eigenvalue weighted by molar-refractivity contribution is 6.31. The highest BCUT2D eigenvalue weighted by Gasteiger charge is 2.13. The number of halogens is 2. The third-order valence-electron chi connectivity index (χ3n) is 3.06. The standard InChI is InChI=1S/C14H13Cl2N3O/c1-9-2-3-11(20-9)8-19-13(4-5-15)18-12-6-10(16)7-17-14(12)19/h2-3,6-7H,4-5,8H2,1H3. The lowest BCUT2D eigenvalue weighted by atomic mass is 10.4. The van der Waals surface area contributed by atoms with Crippen molar-refractivity contribution in [1.29, 1.82) is 0 Å². The lowest BCUT2D eigenvalue weighted by Gasteiger charge is -2.05. The fourth-order valence-corrected chi connectivity index (χ4v) is 2.52. The van der Waals surface area contributed by atoms with Gasteiger partial charge in [-0.3, -0.25) is 0 Å². The molecule has 0 aliphatic rings. The van der Waals surface area contributed by atoms with Crippen molar-refractivity contribution in [3.63, 3.8) is 0 Å². The van der Waals surface area contributed by atoms with Crippen molar-refractivity contribution in [2.24, 2.45) is 0 Å². The van der Waals surface area contributed by atoms with Gasteiger partial charge in [0.2, 0.25) is 0 Å². The summed E-state index contributed by atoms with van der Waals surface area (Å²) < 4.78 is 7.65. The Morgan fingerprint density at radius 3 is 2.90 bits per heavy atom. The largest absolute Gasteiger partial charge is 0.464 e. The zero-order valence-electron chi connectivity index (χ0n) is 10.9. The van der Waals surface area contributed by atoms with Crippen LogP contribution in [0.1, 0.15) is 17.3 Å². The summed E-state index contributed by atoms with van der Waals surface area (Å²) in [5.41, 5.74) is 1.57. The van der Waals surface area contributed by atoms with Crippen LogP contribution in [0.15, 0.2) is 28.8 Å². The van der Waals surface area contributed by atoms with Crippen LogP contribution in [0.2, 0.25) is 5.02 Å². The predicted molar refractivity (Wildman–Crippen MR) is 79.5 cm³/mol. The maximum atomic E-state index is 5.96. The number of nitrogens with zero attached hydrogens (tertiary/aromatic N) is 3. The van der Waals surface area contributed by atoms with Gasteiger partial charge >= 0.3 is 0 Å². The molecule has 0 amide bonds. The van der Waals surface area contributed by atoms with Gasteiger partial charge in [-0.05, 0) is 25.1 Å². The molecule has 6 heteroatoms. The Morgan fingerprint density at radius 2 is 2.20 bits per heavy atom. The summed E-state index contributed by atoms with van der Waals surface area (Å²) in [4.78, 5) is 8.93. The van der Waals surface area contributed by atoms with Crippen molar-refractivity contribution in [1.82, 2.24) is 14.5 Å². The van der Waals surface area contributed by atoms with E-state index in [1.165, 1.54) is 0 Å². The van der Waals surface area contributed by atoms with Gasteiger partial charge < -0.3 is 8.98 Å². The summed E-state index contributed by atoms with van der Waals surface area (Å²) >= 11 is 11.8. The van der Waals surface area contributed by atoms with Crippen molar-refractivity contribution in [3.05, 3.63) is 46.8 Å². The summed E-state index contributed by atoms with van der Waals surface area (Å²) in [7, 11) is 0. The highest BCUT2D eigenvalue weighted by atomic mass is 35.5. The lowest BCUT2D eigenvalue weighted by molar-refractivity contribution is 0.468. The molecular weight excluding hydrogens is 297 g/mol. The first-order valence-corrected chi connectivity index (χ1v) is 7.20. The van der Waals surface area contributed by atoms with Crippen LogP contribution in [0.25, 0.3) is 11.2 Å². The molecule has 3 rings (SSSR count). The smallest absolute Gasteiger partial charge is 0.160 e. The zero-order valence-corrected chi connectivity index (χ0v) is 12.4. The van der Waals surface area contributed by atoms with Crippen molar-refractivity contribution in [2.45, 2.75) is 19.9 Å². The predicted octanol–water partition coefficient (Wildman–Crippen LogP) is 3.82. The molecule has 20 heavy (non-hydrogen) atoms. The van der Waals surface area contributed by atoms with E-state index in [4.69, 9.17) is 27.6 Å². The second-order valence-corrected chi connectivity index (χ2v) is 5.38. The van der Waals surface area contributed by atoms with Crippen LogP contribution < -0.4 is 0 Å². The fraction of sp³-hybridized carbons (Fsp3) is 0.286. The number of hydrogen-bond donors (Lipinski definition) is 0. The first-order valence-electron chi connectivity index (χ1n) is 6.29. The average Bonchev–Trinajstić information content (AvgIpc) is 2.95. The normalized spacial score (nSPS) is 11.3. The van der Waals surface area contributed by atoms with Crippen LogP contribution in [0.3, 0.4) is 0 Å². The minimum Gasteiger partial charge on any atom is -0.464 e. The van der Waals surface area contributed by atoms with E-state index in [0.29, 0.717) is 23.9 Å². The van der Waals surface area contributed by atoms with E-state index in [1.54, 1.807) is 6.20 Å². The van der Waals surface area contributed by atoms with Crippen LogP contribution >= 0.6 is 23.2 Å². The number of aromatic nitrogens is 3. The molecule has 104 valence electrons. The van der Waals surface area contributed by atoms with Crippen molar-refractivity contribution in [3.8, 4) is 0 Å². The van der Waals surface area contributed by atoms with Crippen molar-refractivity contribution < 1.29 is 4.42 Å². The van der Waals surface area contributed by atoms with Gasteiger partial charge in [0.05, 0.1) is 11.6 Å². The van der Waals surface area contributed by atoms with Gasteiger partial charge in [0.1, 0.15) is 22.9 Å². The SMILES string of the molecule is Cc1ccc(Cn2c(CCCl)nc3cc(Cl)cnc32)o1. The van der Waals surface area contributed by atoms with E-state index in [0.717, 1.165) is 28.5 Å². The van der Waals surface area contributed by atoms with Gasteiger partial charge in [-0.25, -0.2) is 9.97 Å². The number of fused-ring (bicyclic) bond motifs is 1. The first-order chi connectivity index (χ1) is 9.67. The van der Waals surface area contributed by atoms with Crippen molar-refractivity contribution >= 4 is 34.4 Å². The average molecular weight is 310 g/mol. The molecule has 0 spiro atoms. The van der Waals surface area contributed by atoms with E-state index < -0.39 is 0 Å². The van der Waals surface area contributed by atoms with Gasteiger partial charge in [-0.15, -0.1) is 11.6 Å². The zero-order chi connectivity index (χ0) is 14.1. The second-order valence-electron chi connectivity index (χ2n) is 4.56. The quantitative estimate of drug-likeness (QED) is 0.688. The van der Waals surface area contributed by atoms with E-state index >= 15 is 0 Å². The summed E-state index contributed by atoms with van der Waals surface area (Å²) in [5.74, 6) is 3.15. The summed E-state index contributed by atoms with van der Waals surface area (Å²) in [6.45, 7) is 2.51. The molecule has 0 unspecified atom stereocenters. The maximum Gasteiger partial charge on any atom is 0.160 e. The molecule has 0 aromatic carbocycles. The van der Waals surface area contributed by atoms with E-state index in [2.05, 4.69) is 9.97 Å². The minimum atomic E-state index is 0.508. The number of rotatable bonds is 4. The Labute approximate surface area is 126 Å². The van der Waals surface area contributed by atoms with E-state index in [9.17, 15) is 0 Å². The Bertz CT molecular complexity index is 748. The Balaban J connectivity index is 2.08. The Morgan fingerprint density at radius 1 is 1.35 bits per heavy atom. The first kappa shape index (κ1) is 13.5. The molecule has 3 aromatic heterocycles. The topological polar surface area (TPSA) is 43.9 Å². The number of hydrogen-bond acceptors (Lipinski definition) is 3. The van der Waals surface area contributed by atoms with Gasteiger partial charge in [-0.2, -0.15) is 0 Å². The highest BCUT2D eigenvalue weighted by Crippen LogP contribution is 2.20. The van der Waals surface area contributed by atoms with Crippen LogP contribution in [0.5, 0.6) is 0 Å². The molecule has 3 heterocycles.